The lowest BCUT2D eigenvalue weighted by Gasteiger charge is -2.00. The zero-order chi connectivity index (χ0) is 10.7. The summed E-state index contributed by atoms with van der Waals surface area (Å²) in [5.41, 5.74) is 0.880. The van der Waals surface area contributed by atoms with E-state index in [0.29, 0.717) is 11.4 Å². The minimum absolute atomic E-state index is 0.139. The van der Waals surface area contributed by atoms with Crippen molar-refractivity contribution < 1.29 is 10.0 Å². The molecule has 0 saturated heterocycles. The van der Waals surface area contributed by atoms with Crippen LogP contribution < -0.4 is 0 Å². The van der Waals surface area contributed by atoms with Gasteiger partial charge in [0.05, 0.1) is 12.1 Å². The summed E-state index contributed by atoms with van der Waals surface area (Å²) in [4.78, 5) is 11.7. The average Bonchev–Trinajstić information content (AvgIpc) is 3.10. The van der Waals surface area contributed by atoms with Crippen LogP contribution in [0.15, 0.2) is 23.5 Å². The van der Waals surface area contributed by atoms with E-state index in [2.05, 4.69) is 15.4 Å². The van der Waals surface area contributed by atoms with E-state index in [9.17, 15) is 4.79 Å². The van der Waals surface area contributed by atoms with Gasteiger partial charge in [-0.3, -0.25) is 4.79 Å². The number of ketones is 1. The molecule has 5 heteroatoms. The molecule has 78 valence electrons. The summed E-state index contributed by atoms with van der Waals surface area (Å²) in [5, 5.41) is 19.2. The highest BCUT2D eigenvalue weighted by Crippen LogP contribution is 2.32. The SMILES string of the molecule is O=C(C/C(=N/O)C1CC1)c1cccnn1. The first-order valence-electron chi connectivity index (χ1n) is 4.83. The molecule has 0 amide bonds. The molecule has 0 unspecified atom stereocenters. The predicted octanol–water partition coefficient (Wildman–Crippen LogP) is 1.29. The molecule has 1 N–H and O–H groups in total. The largest absolute Gasteiger partial charge is 0.411 e. The van der Waals surface area contributed by atoms with Gasteiger partial charge in [-0.15, -0.1) is 5.10 Å². The second-order valence-corrected chi connectivity index (χ2v) is 3.57. The van der Waals surface area contributed by atoms with Crippen molar-refractivity contribution in [2.45, 2.75) is 19.3 Å². The topological polar surface area (TPSA) is 75.4 Å². The first-order chi connectivity index (χ1) is 7.31. The maximum absolute atomic E-state index is 11.7. The molecular weight excluding hydrogens is 194 g/mol. The third-order valence-corrected chi connectivity index (χ3v) is 2.38. The number of oxime groups is 1. The summed E-state index contributed by atoms with van der Waals surface area (Å²) in [7, 11) is 0. The molecular formula is C10H11N3O2. The minimum Gasteiger partial charge on any atom is -0.411 e. The van der Waals surface area contributed by atoms with Gasteiger partial charge in [0.1, 0.15) is 5.69 Å². The first-order valence-corrected chi connectivity index (χ1v) is 4.83. The normalized spacial score (nSPS) is 16.4. The molecule has 1 aromatic rings. The van der Waals surface area contributed by atoms with Crippen molar-refractivity contribution in [2.24, 2.45) is 11.1 Å². The van der Waals surface area contributed by atoms with Gasteiger partial charge < -0.3 is 5.21 Å². The molecule has 0 spiro atoms. The van der Waals surface area contributed by atoms with E-state index in [-0.39, 0.29) is 18.1 Å². The fourth-order valence-corrected chi connectivity index (χ4v) is 1.38. The second kappa shape index (κ2) is 4.16. The highest BCUT2D eigenvalue weighted by Gasteiger charge is 2.29. The molecule has 1 aliphatic carbocycles. The lowest BCUT2D eigenvalue weighted by atomic mass is 10.1. The van der Waals surface area contributed by atoms with Crippen LogP contribution in [-0.2, 0) is 0 Å². The molecule has 0 atom stereocenters. The highest BCUT2D eigenvalue weighted by molar-refractivity contribution is 6.09. The minimum atomic E-state index is -0.150. The summed E-state index contributed by atoms with van der Waals surface area (Å²) < 4.78 is 0. The summed E-state index contributed by atoms with van der Waals surface area (Å²) in [6.07, 6.45) is 3.67. The number of aromatic nitrogens is 2. The van der Waals surface area contributed by atoms with E-state index < -0.39 is 0 Å². The van der Waals surface area contributed by atoms with Crippen LogP contribution in [0.4, 0.5) is 0 Å². The molecule has 1 saturated carbocycles. The van der Waals surface area contributed by atoms with E-state index in [0.717, 1.165) is 12.8 Å². The van der Waals surface area contributed by atoms with Crippen molar-refractivity contribution >= 4 is 11.5 Å². The van der Waals surface area contributed by atoms with Gasteiger partial charge in [-0.05, 0) is 25.0 Å². The molecule has 0 bridgehead atoms. The highest BCUT2D eigenvalue weighted by atomic mass is 16.4. The van der Waals surface area contributed by atoms with Crippen molar-refractivity contribution in [3.63, 3.8) is 0 Å². The summed E-state index contributed by atoms with van der Waals surface area (Å²) in [6.45, 7) is 0. The molecule has 2 rings (SSSR count). The van der Waals surface area contributed by atoms with Gasteiger partial charge in [0, 0.05) is 12.1 Å². The van der Waals surface area contributed by atoms with Gasteiger partial charge in [0.2, 0.25) is 0 Å². The molecule has 5 nitrogen and oxygen atoms in total. The lowest BCUT2D eigenvalue weighted by molar-refractivity contribution is 0.0993. The van der Waals surface area contributed by atoms with Gasteiger partial charge in [-0.2, -0.15) is 5.10 Å². The third kappa shape index (κ3) is 2.37. The molecule has 1 aliphatic rings. The fourth-order valence-electron chi connectivity index (χ4n) is 1.38. The fraction of sp³-hybridized carbons (Fsp3) is 0.400. The summed E-state index contributed by atoms with van der Waals surface area (Å²) in [5.74, 6) is 0.137. The van der Waals surface area contributed by atoms with Gasteiger partial charge in [0.15, 0.2) is 5.78 Å². The Morgan fingerprint density at radius 2 is 2.40 bits per heavy atom. The monoisotopic (exact) mass is 205 g/mol. The number of carbonyl (C=O) groups is 1. The van der Waals surface area contributed by atoms with Gasteiger partial charge in [-0.1, -0.05) is 5.16 Å². The van der Waals surface area contributed by atoms with Crippen LogP contribution in [0.1, 0.15) is 29.8 Å². The van der Waals surface area contributed by atoms with Gasteiger partial charge in [0.25, 0.3) is 0 Å². The Hall–Kier alpha value is -1.78. The maximum atomic E-state index is 11.7. The Morgan fingerprint density at radius 1 is 1.60 bits per heavy atom. The van der Waals surface area contributed by atoms with E-state index in [1.165, 1.54) is 6.20 Å². The van der Waals surface area contributed by atoms with E-state index in [1.807, 2.05) is 0 Å². The molecule has 0 aromatic carbocycles. The predicted molar refractivity (Wildman–Crippen MR) is 52.9 cm³/mol. The van der Waals surface area contributed by atoms with Crippen LogP contribution in [0.3, 0.4) is 0 Å². The Kier molecular flexibility index (Phi) is 2.71. The van der Waals surface area contributed by atoms with Crippen molar-refractivity contribution in [1.29, 1.82) is 0 Å². The number of nitrogens with zero attached hydrogens (tertiary/aromatic N) is 3. The number of Topliss-reactive ketones (excluding diaryl/α,β-unsaturated/α-hetero) is 1. The van der Waals surface area contributed by atoms with Crippen LogP contribution in [0.2, 0.25) is 0 Å². The Morgan fingerprint density at radius 3 is 2.93 bits per heavy atom. The number of carbonyl (C=O) groups excluding carboxylic acids is 1. The summed E-state index contributed by atoms with van der Waals surface area (Å²) >= 11 is 0. The molecule has 0 radical (unpaired) electrons. The second-order valence-electron chi connectivity index (χ2n) is 3.57. The van der Waals surface area contributed by atoms with Crippen molar-refractivity contribution in [1.82, 2.24) is 10.2 Å². The molecule has 1 aromatic heterocycles. The maximum Gasteiger partial charge on any atom is 0.188 e. The van der Waals surface area contributed by atoms with Crippen LogP contribution >= 0.6 is 0 Å². The van der Waals surface area contributed by atoms with E-state index in [1.54, 1.807) is 12.1 Å². The lowest BCUT2D eigenvalue weighted by Crippen LogP contribution is -2.11. The smallest absolute Gasteiger partial charge is 0.188 e. The first kappa shape index (κ1) is 9.76. The van der Waals surface area contributed by atoms with Crippen LogP contribution in [0, 0.1) is 5.92 Å². The van der Waals surface area contributed by atoms with Crippen molar-refractivity contribution in [3.05, 3.63) is 24.0 Å². The third-order valence-electron chi connectivity index (χ3n) is 2.38. The van der Waals surface area contributed by atoms with Crippen molar-refractivity contribution in [3.8, 4) is 0 Å². The zero-order valence-corrected chi connectivity index (χ0v) is 8.13. The van der Waals surface area contributed by atoms with E-state index in [4.69, 9.17) is 5.21 Å². The van der Waals surface area contributed by atoms with Gasteiger partial charge >= 0.3 is 0 Å². The summed E-state index contributed by atoms with van der Waals surface area (Å²) in [6, 6.07) is 3.27. The Balaban J connectivity index is 2.03. The zero-order valence-electron chi connectivity index (χ0n) is 8.13. The van der Waals surface area contributed by atoms with Crippen LogP contribution in [-0.4, -0.2) is 26.9 Å². The van der Waals surface area contributed by atoms with Crippen molar-refractivity contribution in [2.75, 3.05) is 0 Å². The standard InChI is InChI=1S/C10H11N3O2/c14-10(8-2-1-5-11-12-8)6-9(13-15)7-3-4-7/h1-2,5,7,15H,3-4,6H2/b13-9-. The Labute approximate surface area is 86.8 Å². The van der Waals surface area contributed by atoms with Gasteiger partial charge in [-0.25, -0.2) is 0 Å². The molecule has 1 fully saturated rings. The average molecular weight is 205 g/mol. The van der Waals surface area contributed by atoms with Crippen LogP contribution in [0.5, 0.6) is 0 Å². The number of hydrogen-bond acceptors (Lipinski definition) is 5. The molecule has 15 heavy (non-hydrogen) atoms. The number of hydrogen-bond donors (Lipinski definition) is 1. The molecule has 0 aliphatic heterocycles. The van der Waals surface area contributed by atoms with Crippen LogP contribution in [0.25, 0.3) is 0 Å². The van der Waals surface area contributed by atoms with E-state index >= 15 is 0 Å². The number of rotatable bonds is 4. The quantitative estimate of drug-likeness (QED) is 0.348. The Bertz CT molecular complexity index is 385. The molecule has 1 heterocycles.